The van der Waals surface area contributed by atoms with Crippen LogP contribution in [0.25, 0.3) is 11.0 Å². The lowest BCUT2D eigenvalue weighted by molar-refractivity contribution is 0.385. The van der Waals surface area contributed by atoms with E-state index < -0.39 is 0 Å². The second-order valence-electron chi connectivity index (χ2n) is 5.24. The first-order chi connectivity index (χ1) is 10.1. The first-order valence-corrected chi connectivity index (χ1v) is 7.15. The van der Waals surface area contributed by atoms with Crippen molar-refractivity contribution in [2.24, 2.45) is 0 Å². The number of nitrogens with zero attached hydrogens (tertiary/aromatic N) is 2. The first-order valence-electron chi connectivity index (χ1n) is 7.15. The van der Waals surface area contributed by atoms with Gasteiger partial charge >= 0.3 is 0 Å². The van der Waals surface area contributed by atoms with Gasteiger partial charge in [0.25, 0.3) is 0 Å². The van der Waals surface area contributed by atoms with Crippen LogP contribution in [0.1, 0.15) is 36.0 Å². The lowest BCUT2D eigenvalue weighted by atomic mass is 10.1. The Morgan fingerprint density at radius 1 is 1.24 bits per heavy atom. The van der Waals surface area contributed by atoms with E-state index in [9.17, 15) is 0 Å². The molecular weight excluding hydrogens is 266 g/mol. The maximum absolute atomic E-state index is 5.96. The smallest absolute Gasteiger partial charge is 0.223 e. The number of furan rings is 1. The van der Waals surface area contributed by atoms with Gasteiger partial charge in [-0.1, -0.05) is 23.4 Å². The lowest BCUT2D eigenvalue weighted by Gasteiger charge is -2.11. The molecule has 21 heavy (non-hydrogen) atoms. The largest absolute Gasteiger partial charge is 0.459 e. The van der Waals surface area contributed by atoms with Gasteiger partial charge in [0, 0.05) is 25.3 Å². The van der Waals surface area contributed by atoms with Crippen molar-refractivity contribution in [3.63, 3.8) is 0 Å². The monoisotopic (exact) mass is 285 g/mol. The summed E-state index contributed by atoms with van der Waals surface area (Å²) >= 11 is 0. The van der Waals surface area contributed by atoms with E-state index in [1.165, 1.54) is 10.9 Å². The number of nitrogens with one attached hydrogen (secondary N) is 1. The van der Waals surface area contributed by atoms with Crippen molar-refractivity contribution in [1.29, 1.82) is 0 Å². The van der Waals surface area contributed by atoms with Crippen LogP contribution in [0.15, 0.2) is 33.2 Å². The van der Waals surface area contributed by atoms with Crippen LogP contribution in [-0.4, -0.2) is 16.7 Å². The van der Waals surface area contributed by atoms with E-state index in [0.717, 1.165) is 30.1 Å². The SMILES string of the molecule is Cc1nc(CCNC(C)c2oc3ccccc3c2C)no1. The van der Waals surface area contributed by atoms with E-state index in [1.807, 2.05) is 18.2 Å². The van der Waals surface area contributed by atoms with Gasteiger partial charge in [0.05, 0.1) is 6.04 Å². The van der Waals surface area contributed by atoms with Gasteiger partial charge in [-0.15, -0.1) is 0 Å². The Bertz CT molecular complexity index is 745. The van der Waals surface area contributed by atoms with Crippen molar-refractivity contribution in [3.05, 3.63) is 47.3 Å². The van der Waals surface area contributed by atoms with Crippen molar-refractivity contribution in [3.8, 4) is 0 Å². The minimum Gasteiger partial charge on any atom is -0.459 e. The highest BCUT2D eigenvalue weighted by Gasteiger charge is 2.16. The molecule has 3 aromatic rings. The van der Waals surface area contributed by atoms with Gasteiger partial charge in [-0.2, -0.15) is 4.98 Å². The van der Waals surface area contributed by atoms with Gasteiger partial charge in [0.15, 0.2) is 5.82 Å². The zero-order valence-electron chi connectivity index (χ0n) is 12.5. The maximum Gasteiger partial charge on any atom is 0.223 e. The number of hydrogen-bond acceptors (Lipinski definition) is 5. The Morgan fingerprint density at radius 3 is 2.76 bits per heavy atom. The molecule has 0 radical (unpaired) electrons. The molecule has 0 bridgehead atoms. The highest BCUT2D eigenvalue weighted by molar-refractivity contribution is 5.82. The van der Waals surface area contributed by atoms with Crippen LogP contribution in [-0.2, 0) is 6.42 Å². The molecule has 0 spiro atoms. The van der Waals surface area contributed by atoms with Crippen molar-refractivity contribution in [2.45, 2.75) is 33.2 Å². The molecule has 2 aromatic heterocycles. The predicted octanol–water partition coefficient (Wildman–Crippen LogP) is 3.33. The summed E-state index contributed by atoms with van der Waals surface area (Å²) < 4.78 is 10.9. The van der Waals surface area contributed by atoms with E-state index in [0.29, 0.717) is 5.89 Å². The van der Waals surface area contributed by atoms with Crippen molar-refractivity contribution < 1.29 is 8.94 Å². The number of fused-ring (bicyclic) bond motifs is 1. The van der Waals surface area contributed by atoms with Crippen LogP contribution in [0.5, 0.6) is 0 Å². The molecule has 0 aliphatic heterocycles. The molecule has 5 nitrogen and oxygen atoms in total. The molecule has 0 aliphatic carbocycles. The minimum atomic E-state index is 0.144. The summed E-state index contributed by atoms with van der Waals surface area (Å²) in [5, 5.41) is 8.51. The zero-order valence-corrected chi connectivity index (χ0v) is 12.5. The van der Waals surface area contributed by atoms with Gasteiger partial charge < -0.3 is 14.3 Å². The average Bonchev–Trinajstić information content (AvgIpc) is 3.03. The van der Waals surface area contributed by atoms with Gasteiger partial charge in [0.1, 0.15) is 11.3 Å². The van der Waals surface area contributed by atoms with Gasteiger partial charge in [-0.25, -0.2) is 0 Å². The fourth-order valence-electron chi connectivity index (χ4n) is 2.54. The van der Waals surface area contributed by atoms with Crippen molar-refractivity contribution in [1.82, 2.24) is 15.5 Å². The normalized spacial score (nSPS) is 12.9. The molecule has 3 rings (SSSR count). The van der Waals surface area contributed by atoms with Gasteiger partial charge in [0.2, 0.25) is 5.89 Å². The summed E-state index contributed by atoms with van der Waals surface area (Å²) in [6.45, 7) is 6.77. The average molecular weight is 285 g/mol. The van der Waals surface area contributed by atoms with Crippen LogP contribution in [0.2, 0.25) is 0 Å². The molecule has 1 aromatic carbocycles. The minimum absolute atomic E-state index is 0.144. The Hall–Kier alpha value is -2.14. The van der Waals surface area contributed by atoms with Crippen LogP contribution >= 0.6 is 0 Å². The second kappa shape index (κ2) is 5.69. The Kier molecular flexibility index (Phi) is 3.75. The van der Waals surface area contributed by atoms with Gasteiger partial charge in [-0.05, 0) is 25.5 Å². The lowest BCUT2D eigenvalue weighted by Crippen LogP contribution is -2.21. The number of aromatic nitrogens is 2. The van der Waals surface area contributed by atoms with Crippen molar-refractivity contribution in [2.75, 3.05) is 6.54 Å². The van der Waals surface area contributed by atoms with Gasteiger partial charge in [-0.3, -0.25) is 0 Å². The fourth-order valence-corrected chi connectivity index (χ4v) is 2.54. The standard InChI is InChI=1S/C16H19N3O2/c1-10-13-6-4-5-7-14(13)20-16(10)11(2)17-9-8-15-18-12(3)21-19-15/h4-7,11,17H,8-9H2,1-3H3. The van der Waals surface area contributed by atoms with E-state index in [-0.39, 0.29) is 6.04 Å². The molecule has 2 heterocycles. The Labute approximate surface area is 123 Å². The third kappa shape index (κ3) is 2.83. The molecule has 5 heteroatoms. The topological polar surface area (TPSA) is 64.1 Å². The molecule has 1 atom stereocenters. The number of rotatable bonds is 5. The zero-order chi connectivity index (χ0) is 14.8. The molecule has 1 unspecified atom stereocenters. The summed E-state index contributed by atoms with van der Waals surface area (Å²) in [7, 11) is 0. The molecule has 0 amide bonds. The Balaban J connectivity index is 1.66. The molecular formula is C16H19N3O2. The summed E-state index contributed by atoms with van der Waals surface area (Å²) in [5.41, 5.74) is 2.13. The number of aryl methyl sites for hydroxylation is 2. The van der Waals surface area contributed by atoms with Crippen LogP contribution < -0.4 is 5.32 Å². The second-order valence-corrected chi connectivity index (χ2v) is 5.24. The summed E-state index contributed by atoms with van der Waals surface area (Å²) in [4.78, 5) is 4.19. The third-order valence-corrected chi connectivity index (χ3v) is 3.64. The number of benzene rings is 1. The molecule has 1 N–H and O–H groups in total. The van der Waals surface area contributed by atoms with E-state index in [1.54, 1.807) is 6.92 Å². The van der Waals surface area contributed by atoms with Crippen LogP contribution in [0.4, 0.5) is 0 Å². The summed E-state index contributed by atoms with van der Waals surface area (Å²) in [6.07, 6.45) is 0.737. The quantitative estimate of drug-likeness (QED) is 0.779. The third-order valence-electron chi connectivity index (χ3n) is 3.64. The first kappa shape index (κ1) is 13.8. The molecule has 110 valence electrons. The fraction of sp³-hybridized carbons (Fsp3) is 0.375. The maximum atomic E-state index is 5.96. The van der Waals surface area contributed by atoms with Crippen LogP contribution in [0, 0.1) is 13.8 Å². The number of hydrogen-bond donors (Lipinski definition) is 1. The summed E-state index contributed by atoms with van der Waals surface area (Å²) in [5.74, 6) is 2.32. The molecule has 0 aliphatic rings. The molecule has 0 fully saturated rings. The van der Waals surface area contributed by atoms with E-state index in [2.05, 4.69) is 35.4 Å². The highest BCUT2D eigenvalue weighted by Crippen LogP contribution is 2.28. The Morgan fingerprint density at radius 2 is 2.05 bits per heavy atom. The van der Waals surface area contributed by atoms with Crippen LogP contribution in [0.3, 0.4) is 0 Å². The van der Waals surface area contributed by atoms with Crippen molar-refractivity contribution >= 4 is 11.0 Å². The van der Waals surface area contributed by atoms with E-state index >= 15 is 0 Å². The predicted molar refractivity (Wildman–Crippen MR) is 80.1 cm³/mol. The highest BCUT2D eigenvalue weighted by atomic mass is 16.5. The van der Waals surface area contributed by atoms with E-state index in [4.69, 9.17) is 8.94 Å². The number of para-hydroxylation sites is 1. The summed E-state index contributed by atoms with van der Waals surface area (Å²) in [6, 6.07) is 8.26. The molecule has 0 saturated heterocycles. The molecule has 0 saturated carbocycles.